The van der Waals surface area contributed by atoms with Gasteiger partial charge in [-0.15, -0.1) is 0 Å². The SMILES string of the molecule is CS(=O)(=O)c1ccc(Oc2ccc(N)c(Oc3ccccc3F)c2)cc1. The van der Waals surface area contributed by atoms with Crippen LogP contribution in [0.25, 0.3) is 0 Å². The second kappa shape index (κ2) is 7.05. The van der Waals surface area contributed by atoms with Crippen molar-refractivity contribution in [3.63, 3.8) is 0 Å². The zero-order valence-corrected chi connectivity index (χ0v) is 14.7. The van der Waals surface area contributed by atoms with Crippen LogP contribution in [-0.2, 0) is 9.84 Å². The molecule has 0 spiro atoms. The van der Waals surface area contributed by atoms with E-state index in [1.54, 1.807) is 36.4 Å². The molecular weight excluding hydrogens is 357 g/mol. The molecule has 3 aromatic rings. The summed E-state index contributed by atoms with van der Waals surface area (Å²) in [7, 11) is -3.27. The maximum atomic E-state index is 13.7. The first-order valence-electron chi connectivity index (χ1n) is 7.63. The fraction of sp³-hybridized carbons (Fsp3) is 0.0526. The molecule has 2 N–H and O–H groups in total. The van der Waals surface area contributed by atoms with Crippen molar-refractivity contribution >= 4 is 15.5 Å². The highest BCUT2D eigenvalue weighted by Crippen LogP contribution is 2.34. The van der Waals surface area contributed by atoms with Gasteiger partial charge in [0.05, 0.1) is 10.6 Å². The smallest absolute Gasteiger partial charge is 0.175 e. The summed E-state index contributed by atoms with van der Waals surface area (Å²) in [5.41, 5.74) is 6.21. The molecule has 7 heteroatoms. The van der Waals surface area contributed by atoms with E-state index in [1.165, 1.54) is 30.3 Å². The highest BCUT2D eigenvalue weighted by atomic mass is 32.2. The summed E-state index contributed by atoms with van der Waals surface area (Å²) in [6, 6.07) is 16.7. The van der Waals surface area contributed by atoms with Crippen LogP contribution in [0, 0.1) is 5.82 Å². The Labute approximate surface area is 150 Å². The first kappa shape index (κ1) is 17.8. The molecule has 134 valence electrons. The Kier molecular flexibility index (Phi) is 4.81. The van der Waals surface area contributed by atoms with Gasteiger partial charge in [-0.05, 0) is 48.5 Å². The molecule has 0 saturated heterocycles. The van der Waals surface area contributed by atoms with E-state index in [0.717, 1.165) is 6.26 Å². The third-order valence-electron chi connectivity index (χ3n) is 3.53. The lowest BCUT2D eigenvalue weighted by Gasteiger charge is -2.12. The van der Waals surface area contributed by atoms with Gasteiger partial charge in [0, 0.05) is 12.3 Å². The van der Waals surface area contributed by atoms with Crippen LogP contribution in [0.4, 0.5) is 10.1 Å². The van der Waals surface area contributed by atoms with Crippen molar-refractivity contribution in [2.75, 3.05) is 12.0 Å². The molecular formula is C19H16FNO4S. The Balaban J connectivity index is 1.82. The van der Waals surface area contributed by atoms with Gasteiger partial charge in [0.15, 0.2) is 27.2 Å². The van der Waals surface area contributed by atoms with E-state index in [2.05, 4.69) is 0 Å². The summed E-state index contributed by atoms with van der Waals surface area (Å²) < 4.78 is 47.9. The van der Waals surface area contributed by atoms with Gasteiger partial charge in [-0.25, -0.2) is 12.8 Å². The molecule has 0 aromatic heterocycles. The topological polar surface area (TPSA) is 78.6 Å². The van der Waals surface area contributed by atoms with Gasteiger partial charge < -0.3 is 15.2 Å². The van der Waals surface area contributed by atoms with E-state index in [-0.39, 0.29) is 16.4 Å². The standard InChI is InChI=1S/C19H16FNO4S/c1-26(22,23)15-9-6-13(7-10-15)24-14-8-11-17(21)19(12-14)25-18-5-3-2-4-16(18)20/h2-12H,21H2,1H3. The summed E-state index contributed by atoms with van der Waals surface area (Å²) in [6.45, 7) is 0. The highest BCUT2D eigenvalue weighted by molar-refractivity contribution is 7.90. The minimum atomic E-state index is -3.27. The molecule has 0 aliphatic rings. The summed E-state index contributed by atoms with van der Waals surface area (Å²) >= 11 is 0. The van der Waals surface area contributed by atoms with Crippen molar-refractivity contribution in [2.45, 2.75) is 4.90 Å². The number of sulfone groups is 1. The Morgan fingerprint density at radius 2 is 1.50 bits per heavy atom. The van der Waals surface area contributed by atoms with Gasteiger partial charge in [-0.3, -0.25) is 0 Å². The van der Waals surface area contributed by atoms with Crippen LogP contribution in [0.15, 0.2) is 71.6 Å². The molecule has 0 aliphatic heterocycles. The van der Waals surface area contributed by atoms with E-state index in [0.29, 0.717) is 17.2 Å². The van der Waals surface area contributed by atoms with Crippen LogP contribution in [0.2, 0.25) is 0 Å². The quantitative estimate of drug-likeness (QED) is 0.671. The molecule has 5 nitrogen and oxygen atoms in total. The second-order valence-electron chi connectivity index (χ2n) is 5.58. The van der Waals surface area contributed by atoms with Crippen molar-refractivity contribution in [3.8, 4) is 23.0 Å². The number of halogens is 1. The monoisotopic (exact) mass is 373 g/mol. The van der Waals surface area contributed by atoms with E-state index >= 15 is 0 Å². The fourth-order valence-corrected chi connectivity index (χ4v) is 2.83. The van der Waals surface area contributed by atoms with Gasteiger partial charge in [-0.1, -0.05) is 12.1 Å². The Morgan fingerprint density at radius 3 is 2.15 bits per heavy atom. The van der Waals surface area contributed by atoms with Gasteiger partial charge in [0.2, 0.25) is 0 Å². The van der Waals surface area contributed by atoms with Crippen LogP contribution < -0.4 is 15.2 Å². The second-order valence-corrected chi connectivity index (χ2v) is 7.59. The molecule has 0 fully saturated rings. The largest absolute Gasteiger partial charge is 0.457 e. The number of hydrogen-bond donors (Lipinski definition) is 1. The summed E-state index contributed by atoms with van der Waals surface area (Å²) in [5.74, 6) is 0.653. The van der Waals surface area contributed by atoms with Gasteiger partial charge >= 0.3 is 0 Å². The van der Waals surface area contributed by atoms with Gasteiger partial charge in [-0.2, -0.15) is 0 Å². The molecule has 0 atom stereocenters. The van der Waals surface area contributed by atoms with Crippen molar-refractivity contribution in [1.82, 2.24) is 0 Å². The first-order chi connectivity index (χ1) is 12.3. The number of nitrogens with two attached hydrogens (primary N) is 1. The highest BCUT2D eigenvalue weighted by Gasteiger charge is 2.10. The number of benzene rings is 3. The summed E-state index contributed by atoms with van der Waals surface area (Å²) in [4.78, 5) is 0.200. The van der Waals surface area contributed by atoms with E-state index in [1.807, 2.05) is 0 Å². The number of anilines is 1. The molecule has 26 heavy (non-hydrogen) atoms. The van der Waals surface area contributed by atoms with Crippen LogP contribution in [-0.4, -0.2) is 14.7 Å². The van der Waals surface area contributed by atoms with E-state index in [4.69, 9.17) is 15.2 Å². The summed E-state index contributed by atoms with van der Waals surface area (Å²) in [6.07, 6.45) is 1.13. The number of nitrogen functional groups attached to an aromatic ring is 1. The van der Waals surface area contributed by atoms with E-state index < -0.39 is 15.7 Å². The molecule has 0 aliphatic carbocycles. The zero-order chi connectivity index (χ0) is 18.7. The minimum absolute atomic E-state index is 0.0499. The van der Waals surface area contributed by atoms with Crippen LogP contribution in [0.3, 0.4) is 0 Å². The Bertz CT molecular complexity index is 1030. The fourth-order valence-electron chi connectivity index (χ4n) is 2.20. The van der Waals surface area contributed by atoms with Crippen molar-refractivity contribution in [3.05, 3.63) is 72.5 Å². The van der Waals surface area contributed by atoms with Crippen molar-refractivity contribution in [1.29, 1.82) is 0 Å². The molecule has 0 amide bonds. The van der Waals surface area contributed by atoms with Crippen LogP contribution in [0.5, 0.6) is 23.0 Å². The first-order valence-corrected chi connectivity index (χ1v) is 9.52. The normalized spacial score (nSPS) is 11.2. The minimum Gasteiger partial charge on any atom is -0.457 e. The Hall–Kier alpha value is -3.06. The lowest BCUT2D eigenvalue weighted by atomic mass is 10.2. The van der Waals surface area contributed by atoms with Crippen LogP contribution >= 0.6 is 0 Å². The molecule has 0 radical (unpaired) electrons. The molecule has 0 saturated carbocycles. The number of para-hydroxylation sites is 1. The van der Waals surface area contributed by atoms with Gasteiger partial charge in [0.1, 0.15) is 11.5 Å². The Morgan fingerprint density at radius 1 is 0.846 bits per heavy atom. The number of ether oxygens (including phenoxy) is 2. The van der Waals surface area contributed by atoms with Gasteiger partial charge in [0.25, 0.3) is 0 Å². The zero-order valence-electron chi connectivity index (χ0n) is 13.8. The molecule has 3 aromatic carbocycles. The van der Waals surface area contributed by atoms with E-state index in [9.17, 15) is 12.8 Å². The predicted octanol–water partition coefficient (Wildman–Crippen LogP) is 4.40. The third kappa shape index (κ3) is 4.12. The average Bonchev–Trinajstić information content (AvgIpc) is 2.59. The number of rotatable bonds is 5. The molecule has 0 bridgehead atoms. The maximum Gasteiger partial charge on any atom is 0.175 e. The molecule has 0 unspecified atom stereocenters. The lowest BCUT2D eigenvalue weighted by molar-refractivity contribution is 0.436. The third-order valence-corrected chi connectivity index (χ3v) is 4.66. The number of hydrogen-bond acceptors (Lipinski definition) is 5. The summed E-state index contributed by atoms with van der Waals surface area (Å²) in [5, 5.41) is 0. The molecule has 0 heterocycles. The maximum absolute atomic E-state index is 13.7. The van der Waals surface area contributed by atoms with Crippen molar-refractivity contribution < 1.29 is 22.3 Å². The average molecular weight is 373 g/mol. The molecule has 3 rings (SSSR count). The predicted molar refractivity (Wildman–Crippen MR) is 97.0 cm³/mol. The lowest BCUT2D eigenvalue weighted by Crippen LogP contribution is -1.97. The van der Waals surface area contributed by atoms with Crippen molar-refractivity contribution in [2.24, 2.45) is 0 Å². The van der Waals surface area contributed by atoms with Crippen LogP contribution in [0.1, 0.15) is 0 Å².